The number of carbonyl (C=O) groups excluding carboxylic acids is 1. The highest BCUT2D eigenvalue weighted by Crippen LogP contribution is 2.21. The third-order valence-electron chi connectivity index (χ3n) is 3.37. The van der Waals surface area contributed by atoms with Gasteiger partial charge in [-0.2, -0.15) is 0 Å². The number of aliphatic hydroxyl groups is 1. The fourth-order valence-corrected chi connectivity index (χ4v) is 2.13. The number of amides is 1. The lowest BCUT2D eigenvalue weighted by Crippen LogP contribution is -2.46. The molecule has 0 aromatic heterocycles. The van der Waals surface area contributed by atoms with E-state index in [9.17, 15) is 9.90 Å². The van der Waals surface area contributed by atoms with Gasteiger partial charge in [-0.3, -0.25) is 4.79 Å². The Kier molecular flexibility index (Phi) is 4.32. The molecule has 1 aliphatic rings. The van der Waals surface area contributed by atoms with Crippen molar-refractivity contribution in [1.82, 2.24) is 4.90 Å². The van der Waals surface area contributed by atoms with E-state index in [1.165, 1.54) is 0 Å². The van der Waals surface area contributed by atoms with Crippen LogP contribution in [0.4, 0.5) is 0 Å². The fraction of sp³-hybridized carbons (Fsp3) is 0.500. The van der Waals surface area contributed by atoms with E-state index < -0.39 is 5.60 Å². The van der Waals surface area contributed by atoms with Crippen LogP contribution in [-0.4, -0.2) is 41.2 Å². The van der Waals surface area contributed by atoms with Gasteiger partial charge < -0.3 is 14.7 Å². The average Bonchev–Trinajstić information content (AvgIpc) is 2.37. The molecule has 19 heavy (non-hydrogen) atoms. The molecule has 1 amide bonds. The SMILES string of the molecule is CC1(O)CCN(C(=O)COc2ccc(Cl)cc2)CC1. The lowest BCUT2D eigenvalue weighted by atomic mass is 9.94. The standard InChI is InChI=1S/C14H18ClNO3/c1-14(18)6-8-16(9-7-14)13(17)10-19-12-4-2-11(15)3-5-12/h2-5,18H,6-10H2,1H3. The zero-order chi connectivity index (χ0) is 13.9. The molecule has 0 saturated carbocycles. The van der Waals surface area contributed by atoms with Crippen LogP contribution in [0.15, 0.2) is 24.3 Å². The van der Waals surface area contributed by atoms with Crippen LogP contribution >= 0.6 is 11.6 Å². The molecule has 1 heterocycles. The highest BCUT2D eigenvalue weighted by atomic mass is 35.5. The molecule has 104 valence electrons. The number of benzene rings is 1. The fourth-order valence-electron chi connectivity index (χ4n) is 2.01. The zero-order valence-corrected chi connectivity index (χ0v) is 11.7. The van der Waals surface area contributed by atoms with Gasteiger partial charge in [-0.05, 0) is 44.0 Å². The van der Waals surface area contributed by atoms with Crippen molar-refractivity contribution in [1.29, 1.82) is 0 Å². The molecule has 0 unspecified atom stereocenters. The molecule has 1 aliphatic heterocycles. The molecule has 0 bridgehead atoms. The first-order valence-corrected chi connectivity index (χ1v) is 6.73. The quantitative estimate of drug-likeness (QED) is 0.924. The Bertz CT molecular complexity index is 435. The zero-order valence-electron chi connectivity index (χ0n) is 10.9. The second kappa shape index (κ2) is 5.80. The number of nitrogens with zero attached hydrogens (tertiary/aromatic N) is 1. The Balaban J connectivity index is 1.80. The van der Waals surface area contributed by atoms with Crippen LogP contribution in [0.2, 0.25) is 5.02 Å². The monoisotopic (exact) mass is 283 g/mol. The molecule has 0 aliphatic carbocycles. The topological polar surface area (TPSA) is 49.8 Å². The average molecular weight is 284 g/mol. The third kappa shape index (κ3) is 4.11. The second-order valence-electron chi connectivity index (χ2n) is 5.12. The molecule has 1 saturated heterocycles. The smallest absolute Gasteiger partial charge is 0.260 e. The number of halogens is 1. The van der Waals surface area contributed by atoms with Gasteiger partial charge in [0.1, 0.15) is 5.75 Å². The van der Waals surface area contributed by atoms with Crippen molar-refractivity contribution in [3.63, 3.8) is 0 Å². The van der Waals surface area contributed by atoms with Gasteiger partial charge in [0, 0.05) is 18.1 Å². The maximum Gasteiger partial charge on any atom is 0.260 e. The largest absolute Gasteiger partial charge is 0.484 e. The number of likely N-dealkylation sites (tertiary alicyclic amines) is 1. The summed E-state index contributed by atoms with van der Waals surface area (Å²) in [5, 5.41) is 10.5. The summed E-state index contributed by atoms with van der Waals surface area (Å²) in [5.41, 5.74) is -0.645. The summed E-state index contributed by atoms with van der Waals surface area (Å²) in [7, 11) is 0. The lowest BCUT2D eigenvalue weighted by molar-refractivity contribution is -0.137. The molecule has 0 atom stereocenters. The first-order valence-electron chi connectivity index (χ1n) is 6.35. The van der Waals surface area contributed by atoms with Crippen LogP contribution in [-0.2, 0) is 4.79 Å². The second-order valence-corrected chi connectivity index (χ2v) is 5.56. The van der Waals surface area contributed by atoms with Crippen LogP contribution in [0.25, 0.3) is 0 Å². The summed E-state index contributed by atoms with van der Waals surface area (Å²) >= 11 is 5.77. The molecule has 1 aromatic carbocycles. The Morgan fingerprint density at radius 3 is 2.53 bits per heavy atom. The Morgan fingerprint density at radius 1 is 1.37 bits per heavy atom. The van der Waals surface area contributed by atoms with E-state index in [1.807, 2.05) is 0 Å². The summed E-state index contributed by atoms with van der Waals surface area (Å²) in [4.78, 5) is 13.7. The number of ether oxygens (including phenoxy) is 1. The van der Waals surface area contributed by atoms with Gasteiger partial charge in [-0.1, -0.05) is 11.6 Å². The van der Waals surface area contributed by atoms with Gasteiger partial charge in [0.15, 0.2) is 6.61 Å². The molecule has 2 rings (SSSR count). The van der Waals surface area contributed by atoms with E-state index in [1.54, 1.807) is 36.1 Å². The maximum absolute atomic E-state index is 11.9. The Labute approximate surface area is 117 Å². The summed E-state index contributed by atoms with van der Waals surface area (Å²) in [6.07, 6.45) is 1.22. The normalized spacial score (nSPS) is 18.2. The highest BCUT2D eigenvalue weighted by Gasteiger charge is 2.29. The maximum atomic E-state index is 11.9. The minimum atomic E-state index is -0.645. The lowest BCUT2D eigenvalue weighted by Gasteiger charge is -2.35. The molecule has 0 spiro atoms. The highest BCUT2D eigenvalue weighted by molar-refractivity contribution is 6.30. The van der Waals surface area contributed by atoms with Crippen molar-refractivity contribution in [2.24, 2.45) is 0 Å². The molecular formula is C14H18ClNO3. The van der Waals surface area contributed by atoms with Crippen molar-refractivity contribution < 1.29 is 14.6 Å². The van der Waals surface area contributed by atoms with E-state index in [0.29, 0.717) is 36.7 Å². The first-order chi connectivity index (χ1) is 8.96. The summed E-state index contributed by atoms with van der Waals surface area (Å²) in [5.74, 6) is 0.576. The number of hydrogen-bond acceptors (Lipinski definition) is 3. The van der Waals surface area contributed by atoms with Gasteiger partial charge in [0.05, 0.1) is 5.60 Å². The Morgan fingerprint density at radius 2 is 1.95 bits per heavy atom. The first kappa shape index (κ1) is 14.2. The van der Waals surface area contributed by atoms with E-state index >= 15 is 0 Å². The van der Waals surface area contributed by atoms with Crippen molar-refractivity contribution in [3.05, 3.63) is 29.3 Å². The minimum absolute atomic E-state index is 0.0176. The van der Waals surface area contributed by atoms with Crippen molar-refractivity contribution in [2.45, 2.75) is 25.4 Å². The van der Waals surface area contributed by atoms with Gasteiger partial charge in [0.25, 0.3) is 5.91 Å². The van der Waals surface area contributed by atoms with Gasteiger partial charge in [0.2, 0.25) is 0 Å². The Hall–Kier alpha value is -1.26. The molecular weight excluding hydrogens is 266 g/mol. The van der Waals surface area contributed by atoms with Crippen molar-refractivity contribution in [2.75, 3.05) is 19.7 Å². The van der Waals surface area contributed by atoms with Gasteiger partial charge in [-0.25, -0.2) is 0 Å². The number of piperidine rings is 1. The predicted octanol–water partition coefficient (Wildman–Crippen LogP) is 2.09. The predicted molar refractivity (Wildman–Crippen MR) is 73.4 cm³/mol. The summed E-state index contributed by atoms with van der Waals surface area (Å²) in [6, 6.07) is 6.91. The number of hydrogen-bond donors (Lipinski definition) is 1. The summed E-state index contributed by atoms with van der Waals surface area (Å²) in [6.45, 7) is 2.98. The van der Waals surface area contributed by atoms with Gasteiger partial charge in [-0.15, -0.1) is 0 Å². The van der Waals surface area contributed by atoms with E-state index in [0.717, 1.165) is 0 Å². The molecule has 4 nitrogen and oxygen atoms in total. The van der Waals surface area contributed by atoms with Crippen LogP contribution in [0.3, 0.4) is 0 Å². The number of rotatable bonds is 3. The van der Waals surface area contributed by atoms with E-state index in [2.05, 4.69) is 0 Å². The minimum Gasteiger partial charge on any atom is -0.484 e. The summed E-state index contributed by atoms with van der Waals surface area (Å²) < 4.78 is 5.42. The van der Waals surface area contributed by atoms with E-state index in [4.69, 9.17) is 16.3 Å². The van der Waals surface area contributed by atoms with E-state index in [-0.39, 0.29) is 12.5 Å². The number of carbonyl (C=O) groups is 1. The third-order valence-corrected chi connectivity index (χ3v) is 3.62. The molecule has 5 heteroatoms. The molecule has 1 fully saturated rings. The molecule has 1 N–H and O–H groups in total. The van der Waals surface area contributed by atoms with Crippen LogP contribution in [0, 0.1) is 0 Å². The van der Waals surface area contributed by atoms with Crippen molar-refractivity contribution in [3.8, 4) is 5.75 Å². The van der Waals surface area contributed by atoms with Crippen molar-refractivity contribution >= 4 is 17.5 Å². The van der Waals surface area contributed by atoms with Gasteiger partial charge >= 0.3 is 0 Å². The van der Waals surface area contributed by atoms with Crippen LogP contribution in [0.1, 0.15) is 19.8 Å². The molecule has 0 radical (unpaired) electrons. The molecule has 1 aromatic rings. The van der Waals surface area contributed by atoms with Crippen LogP contribution < -0.4 is 4.74 Å². The van der Waals surface area contributed by atoms with Crippen LogP contribution in [0.5, 0.6) is 5.75 Å².